The predicted molar refractivity (Wildman–Crippen MR) is 146 cm³/mol. The number of carbonyl (C=O) groups excluding carboxylic acids is 2. The largest absolute Gasteiger partial charge is 0.524 e. The first-order valence-corrected chi connectivity index (χ1v) is 14.5. The number of allylic oxidation sites excluding steroid dienone is 1. The minimum absolute atomic E-state index is 0.370. The van der Waals surface area contributed by atoms with E-state index in [1.54, 1.807) is 24.3 Å². The molecule has 5 rings (SSSR count). The Bertz CT molecular complexity index is 1440. The summed E-state index contributed by atoms with van der Waals surface area (Å²) in [6, 6.07) is 27.0. The number of thioether (sulfide) groups is 1. The molecule has 200 valence electrons. The summed E-state index contributed by atoms with van der Waals surface area (Å²) in [5.74, 6) is -1.85. The van der Waals surface area contributed by atoms with Crippen molar-refractivity contribution in [2.45, 2.75) is 30.9 Å². The zero-order valence-electron chi connectivity index (χ0n) is 20.8. The monoisotopic (exact) mass is 564 g/mol. The number of fused-ring (bicyclic) bond motifs is 1. The van der Waals surface area contributed by atoms with E-state index in [4.69, 9.17) is 9.26 Å². The van der Waals surface area contributed by atoms with Crippen molar-refractivity contribution in [3.63, 3.8) is 0 Å². The molecule has 11 heteroatoms. The van der Waals surface area contributed by atoms with Crippen molar-refractivity contribution >= 4 is 36.5 Å². The Labute approximate surface area is 229 Å². The van der Waals surface area contributed by atoms with Crippen LogP contribution in [0.3, 0.4) is 0 Å². The second-order valence-electron chi connectivity index (χ2n) is 8.94. The van der Waals surface area contributed by atoms with Crippen LogP contribution in [-0.2, 0) is 29.8 Å². The minimum Gasteiger partial charge on any atom is -0.448 e. The maximum atomic E-state index is 13.7. The lowest BCUT2D eigenvalue weighted by atomic mass is 10.0. The predicted octanol–water partition coefficient (Wildman–Crippen LogP) is 4.58. The fourth-order valence-corrected chi connectivity index (χ4v) is 6.25. The van der Waals surface area contributed by atoms with Crippen LogP contribution in [0, 0.1) is 0 Å². The van der Waals surface area contributed by atoms with Crippen molar-refractivity contribution in [3.8, 4) is 0 Å². The number of carbonyl (C=O) groups is 2. The van der Waals surface area contributed by atoms with Gasteiger partial charge in [-0.15, -0.1) is 0 Å². The normalized spacial score (nSPS) is 19.1. The van der Waals surface area contributed by atoms with Gasteiger partial charge in [0.05, 0.1) is 5.04 Å². The maximum absolute atomic E-state index is 13.7. The number of likely N-dealkylation sites (tertiary alicyclic amines) is 1. The van der Waals surface area contributed by atoms with E-state index in [1.807, 2.05) is 66.7 Å². The molecule has 1 saturated heterocycles. The molecular weight excluding hydrogens is 539 g/mol. The van der Waals surface area contributed by atoms with Gasteiger partial charge in [-0.05, 0) is 23.6 Å². The second kappa shape index (κ2) is 11.2. The van der Waals surface area contributed by atoms with Crippen molar-refractivity contribution in [2.24, 2.45) is 4.99 Å². The molecule has 3 aromatic carbocycles. The molecular formula is C28H25N2O7PS. The van der Waals surface area contributed by atoms with Crippen molar-refractivity contribution in [1.29, 1.82) is 0 Å². The zero-order chi connectivity index (χ0) is 27.6. The molecule has 2 N–H and O–H groups in total. The summed E-state index contributed by atoms with van der Waals surface area (Å²) in [7, 11) is -5.04. The number of esters is 1. The first-order chi connectivity index (χ1) is 18.7. The van der Waals surface area contributed by atoms with Crippen LogP contribution in [0.2, 0.25) is 0 Å². The smallest absolute Gasteiger partial charge is 0.448 e. The quantitative estimate of drug-likeness (QED) is 0.127. The van der Waals surface area contributed by atoms with E-state index >= 15 is 0 Å². The maximum Gasteiger partial charge on any atom is 0.524 e. The molecule has 0 radical (unpaired) electrons. The molecule has 0 saturated carbocycles. The Morgan fingerprint density at radius 3 is 2.05 bits per heavy atom. The number of ether oxygens (including phenoxy) is 1. The molecule has 2 aliphatic heterocycles. The van der Waals surface area contributed by atoms with Gasteiger partial charge in [-0.3, -0.25) is 24.5 Å². The van der Waals surface area contributed by atoms with Crippen LogP contribution >= 0.6 is 19.6 Å². The average Bonchev–Trinajstić information content (AvgIpc) is 3.29. The lowest BCUT2D eigenvalue weighted by Gasteiger charge is -2.41. The molecule has 39 heavy (non-hydrogen) atoms. The fraction of sp³-hybridized carbons (Fsp3) is 0.179. The van der Waals surface area contributed by atoms with E-state index in [0.29, 0.717) is 17.5 Å². The van der Waals surface area contributed by atoms with Crippen molar-refractivity contribution in [1.82, 2.24) is 4.90 Å². The van der Waals surface area contributed by atoms with Gasteiger partial charge in [0.2, 0.25) is 0 Å². The summed E-state index contributed by atoms with van der Waals surface area (Å²) in [4.78, 5) is 51.5. The van der Waals surface area contributed by atoms with Gasteiger partial charge in [0.1, 0.15) is 11.1 Å². The van der Waals surface area contributed by atoms with Gasteiger partial charge >= 0.3 is 13.8 Å². The molecule has 0 aromatic heterocycles. The summed E-state index contributed by atoms with van der Waals surface area (Å²) < 4.78 is 22.4. The van der Waals surface area contributed by atoms with Crippen LogP contribution < -0.4 is 0 Å². The molecule has 9 nitrogen and oxygen atoms in total. The van der Waals surface area contributed by atoms with Gasteiger partial charge in [0.25, 0.3) is 5.91 Å². The molecule has 0 spiro atoms. The third kappa shape index (κ3) is 5.99. The Kier molecular flexibility index (Phi) is 7.72. The number of nitrogens with zero attached hydrogens (tertiary/aromatic N) is 2. The van der Waals surface area contributed by atoms with E-state index in [0.717, 1.165) is 15.5 Å². The number of amides is 1. The number of β-lactam (4-membered cyclic amide) rings is 1. The van der Waals surface area contributed by atoms with Crippen LogP contribution in [0.15, 0.2) is 107 Å². The number of hydrogen-bond acceptors (Lipinski definition) is 7. The van der Waals surface area contributed by atoms with Crippen LogP contribution in [0.4, 0.5) is 0 Å². The van der Waals surface area contributed by atoms with Crippen molar-refractivity contribution < 1.29 is 33.2 Å². The number of aliphatic imine (C=N–C) groups is 1. The van der Waals surface area contributed by atoms with E-state index < -0.39 is 43.0 Å². The van der Waals surface area contributed by atoms with Crippen LogP contribution in [-0.4, -0.2) is 43.0 Å². The molecule has 3 aromatic rings. The first-order valence-electron chi connectivity index (χ1n) is 12.1. The SMILES string of the molecule is CC(OP(=O)(O)O)=C(C(=O)OC(c1ccccc1)c1ccccc1)N1C(=O)C2N=C(Cc3ccccc3)SC21. The lowest BCUT2D eigenvalue weighted by Crippen LogP contribution is -2.61. The van der Waals surface area contributed by atoms with Gasteiger partial charge in [-0.25, -0.2) is 9.36 Å². The molecule has 1 amide bonds. The molecule has 2 atom stereocenters. The number of hydrogen-bond donors (Lipinski definition) is 2. The van der Waals surface area contributed by atoms with Gasteiger partial charge in [-0.2, -0.15) is 0 Å². The van der Waals surface area contributed by atoms with E-state index in [2.05, 4.69) is 4.99 Å². The highest BCUT2D eigenvalue weighted by molar-refractivity contribution is 8.14. The Hall–Kier alpha value is -3.69. The van der Waals surface area contributed by atoms with E-state index in [9.17, 15) is 23.9 Å². The summed E-state index contributed by atoms with van der Waals surface area (Å²) >= 11 is 1.32. The minimum atomic E-state index is -5.04. The van der Waals surface area contributed by atoms with Gasteiger partial charge in [0.15, 0.2) is 17.8 Å². The Morgan fingerprint density at radius 1 is 0.974 bits per heavy atom. The molecule has 0 aliphatic carbocycles. The zero-order valence-corrected chi connectivity index (χ0v) is 22.5. The fourth-order valence-electron chi connectivity index (χ4n) is 4.49. The number of phosphoric ester groups is 1. The van der Waals surface area contributed by atoms with Crippen LogP contribution in [0.5, 0.6) is 0 Å². The third-order valence-electron chi connectivity index (χ3n) is 6.21. The van der Waals surface area contributed by atoms with Gasteiger partial charge < -0.3 is 9.26 Å². The molecule has 2 aliphatic rings. The highest BCUT2D eigenvalue weighted by Gasteiger charge is 2.56. The average molecular weight is 565 g/mol. The molecule has 0 bridgehead atoms. The topological polar surface area (TPSA) is 126 Å². The van der Waals surface area contributed by atoms with Crippen molar-refractivity contribution in [3.05, 3.63) is 119 Å². The highest BCUT2D eigenvalue weighted by atomic mass is 32.2. The van der Waals surface area contributed by atoms with E-state index in [-0.39, 0.29) is 5.70 Å². The first kappa shape index (κ1) is 26.9. The standard InChI is InChI=1S/C28H25N2O7PS/c1-18(37-38(33,34)35)24(28(32)36-25(20-13-7-3-8-14-20)21-15-9-4-10-16-21)30-26(31)23-27(30)39-22(29-23)17-19-11-5-2-6-12-19/h2-16,23,25,27H,17H2,1H3,(H2,33,34,35). The molecule has 1 fully saturated rings. The summed E-state index contributed by atoms with van der Waals surface area (Å²) in [6.07, 6.45) is -0.323. The lowest BCUT2D eigenvalue weighted by molar-refractivity contribution is -0.153. The number of benzene rings is 3. The van der Waals surface area contributed by atoms with Crippen LogP contribution in [0.25, 0.3) is 0 Å². The third-order valence-corrected chi connectivity index (χ3v) is 7.95. The summed E-state index contributed by atoms with van der Waals surface area (Å²) in [6.45, 7) is 1.22. The second-order valence-corrected chi connectivity index (χ2v) is 11.3. The number of phosphoric acid groups is 1. The number of rotatable bonds is 9. The Morgan fingerprint density at radius 2 is 1.51 bits per heavy atom. The molecule has 2 unspecified atom stereocenters. The van der Waals surface area contributed by atoms with Gasteiger partial charge in [-0.1, -0.05) is 103 Å². The van der Waals surface area contributed by atoms with Gasteiger partial charge in [0, 0.05) is 6.42 Å². The molecule has 2 heterocycles. The summed E-state index contributed by atoms with van der Waals surface area (Å²) in [5, 5.41) is 0.153. The highest BCUT2D eigenvalue weighted by Crippen LogP contribution is 2.46. The van der Waals surface area contributed by atoms with Crippen molar-refractivity contribution in [2.75, 3.05) is 0 Å². The van der Waals surface area contributed by atoms with E-state index in [1.165, 1.54) is 18.7 Å². The van der Waals surface area contributed by atoms with Crippen LogP contribution in [0.1, 0.15) is 29.7 Å². The summed E-state index contributed by atoms with van der Waals surface area (Å²) in [5.41, 5.74) is 2.02. The Balaban J connectivity index is 1.45.